The molecule has 1 aromatic carbocycles. The maximum Gasteiger partial charge on any atom is 0.0366 e. The summed E-state index contributed by atoms with van der Waals surface area (Å²) in [5, 5.41) is 3.31. The minimum atomic E-state index is 0.457. The normalized spacial score (nSPS) is 12.2. The molecular formula is C14H22N2. The van der Waals surface area contributed by atoms with Crippen molar-refractivity contribution in [3.63, 3.8) is 0 Å². The zero-order valence-electron chi connectivity index (χ0n) is 10.5. The second-order valence-electron chi connectivity index (χ2n) is 4.01. The van der Waals surface area contributed by atoms with Gasteiger partial charge in [-0.05, 0) is 31.2 Å². The van der Waals surface area contributed by atoms with Crippen LogP contribution in [0.25, 0.3) is 0 Å². The summed E-state index contributed by atoms with van der Waals surface area (Å²) in [4.78, 5) is 2.18. The zero-order chi connectivity index (χ0) is 12.0. The quantitative estimate of drug-likeness (QED) is 0.738. The minimum Gasteiger partial charge on any atom is -0.371 e. The molecule has 88 valence electrons. The predicted molar refractivity (Wildman–Crippen MR) is 72.0 cm³/mol. The van der Waals surface area contributed by atoms with Gasteiger partial charge in [0.1, 0.15) is 0 Å². The fraction of sp³-hybridized carbons (Fsp3) is 0.429. The molecule has 0 radical (unpaired) electrons. The van der Waals surface area contributed by atoms with Crippen LogP contribution >= 0.6 is 0 Å². The number of hydrogen-bond acceptors (Lipinski definition) is 2. The van der Waals surface area contributed by atoms with Crippen molar-refractivity contribution in [3.8, 4) is 0 Å². The van der Waals surface area contributed by atoms with Crippen LogP contribution in [0.2, 0.25) is 0 Å². The van der Waals surface area contributed by atoms with Crippen molar-refractivity contribution in [2.45, 2.75) is 19.4 Å². The van der Waals surface area contributed by atoms with Crippen LogP contribution in [0.5, 0.6) is 0 Å². The first kappa shape index (κ1) is 12.8. The van der Waals surface area contributed by atoms with E-state index < -0.39 is 0 Å². The first-order chi connectivity index (χ1) is 7.72. The molecule has 1 N–H and O–H groups in total. The SMILES string of the molecule is C=CCN(C)c1ccc(C(CC)NC)cc1. The van der Waals surface area contributed by atoms with Crippen LogP contribution in [0.1, 0.15) is 24.9 Å². The largest absolute Gasteiger partial charge is 0.371 e. The molecule has 2 heteroatoms. The number of anilines is 1. The number of hydrogen-bond donors (Lipinski definition) is 1. The van der Waals surface area contributed by atoms with Gasteiger partial charge in [-0.15, -0.1) is 6.58 Å². The third-order valence-electron chi connectivity index (χ3n) is 2.90. The van der Waals surface area contributed by atoms with E-state index in [0.29, 0.717) is 6.04 Å². The van der Waals surface area contributed by atoms with Crippen molar-refractivity contribution in [2.24, 2.45) is 0 Å². The van der Waals surface area contributed by atoms with Crippen LogP contribution in [0.4, 0.5) is 5.69 Å². The summed E-state index contributed by atoms with van der Waals surface area (Å²) in [5.74, 6) is 0. The lowest BCUT2D eigenvalue weighted by molar-refractivity contribution is 0.577. The van der Waals surface area contributed by atoms with Crippen LogP contribution < -0.4 is 10.2 Å². The number of rotatable bonds is 6. The van der Waals surface area contributed by atoms with E-state index >= 15 is 0 Å². The molecule has 0 heterocycles. The van der Waals surface area contributed by atoms with Gasteiger partial charge in [0.15, 0.2) is 0 Å². The summed E-state index contributed by atoms with van der Waals surface area (Å²) >= 11 is 0. The summed E-state index contributed by atoms with van der Waals surface area (Å²) in [7, 11) is 4.08. The highest BCUT2D eigenvalue weighted by Gasteiger charge is 2.06. The van der Waals surface area contributed by atoms with E-state index in [2.05, 4.69) is 55.0 Å². The number of likely N-dealkylation sites (N-methyl/N-ethyl adjacent to an activating group) is 1. The molecule has 1 rings (SSSR count). The molecule has 0 fully saturated rings. The van der Waals surface area contributed by atoms with Crippen molar-refractivity contribution in [2.75, 3.05) is 25.5 Å². The molecule has 1 unspecified atom stereocenters. The van der Waals surface area contributed by atoms with Crippen molar-refractivity contribution in [1.82, 2.24) is 5.32 Å². The van der Waals surface area contributed by atoms with E-state index in [-0.39, 0.29) is 0 Å². The van der Waals surface area contributed by atoms with Crippen molar-refractivity contribution < 1.29 is 0 Å². The van der Waals surface area contributed by atoms with Crippen LogP contribution in [-0.4, -0.2) is 20.6 Å². The molecule has 0 aliphatic rings. The Bertz CT molecular complexity index is 312. The summed E-state index contributed by atoms with van der Waals surface area (Å²) in [5.41, 5.74) is 2.58. The maximum absolute atomic E-state index is 3.75. The smallest absolute Gasteiger partial charge is 0.0366 e. The number of nitrogens with zero attached hydrogens (tertiary/aromatic N) is 1. The standard InChI is InChI=1S/C14H22N2/c1-5-11-16(4)13-9-7-12(8-10-13)14(6-2)15-3/h5,7-10,14-15H,1,6,11H2,2-4H3. The van der Waals surface area contributed by atoms with Gasteiger partial charge in [0, 0.05) is 25.3 Å². The fourth-order valence-corrected chi connectivity index (χ4v) is 1.87. The van der Waals surface area contributed by atoms with Gasteiger partial charge in [0.05, 0.1) is 0 Å². The molecule has 16 heavy (non-hydrogen) atoms. The second kappa shape index (κ2) is 6.33. The van der Waals surface area contributed by atoms with E-state index in [1.165, 1.54) is 11.3 Å². The topological polar surface area (TPSA) is 15.3 Å². The third-order valence-corrected chi connectivity index (χ3v) is 2.90. The Morgan fingerprint density at radius 1 is 1.38 bits per heavy atom. The molecule has 0 spiro atoms. The average molecular weight is 218 g/mol. The first-order valence-electron chi connectivity index (χ1n) is 5.82. The lowest BCUT2D eigenvalue weighted by Crippen LogP contribution is -2.17. The Labute approximate surface area is 99.0 Å². The summed E-state index contributed by atoms with van der Waals surface area (Å²) < 4.78 is 0. The highest BCUT2D eigenvalue weighted by Crippen LogP contribution is 2.20. The fourth-order valence-electron chi connectivity index (χ4n) is 1.87. The lowest BCUT2D eigenvalue weighted by atomic mass is 10.0. The lowest BCUT2D eigenvalue weighted by Gasteiger charge is -2.19. The van der Waals surface area contributed by atoms with E-state index in [4.69, 9.17) is 0 Å². The monoisotopic (exact) mass is 218 g/mol. The van der Waals surface area contributed by atoms with Crippen molar-refractivity contribution in [1.29, 1.82) is 0 Å². The average Bonchev–Trinajstić information content (AvgIpc) is 2.32. The molecule has 0 aromatic heterocycles. The Morgan fingerprint density at radius 2 is 2.00 bits per heavy atom. The van der Waals surface area contributed by atoms with E-state index in [0.717, 1.165) is 13.0 Å². The number of benzene rings is 1. The predicted octanol–water partition coefficient (Wildman–Crippen LogP) is 2.98. The Morgan fingerprint density at radius 3 is 2.44 bits per heavy atom. The molecule has 2 nitrogen and oxygen atoms in total. The van der Waals surface area contributed by atoms with E-state index in [1.807, 2.05) is 13.1 Å². The summed E-state index contributed by atoms with van der Waals surface area (Å²) in [6, 6.07) is 9.18. The van der Waals surface area contributed by atoms with Gasteiger partial charge in [-0.3, -0.25) is 0 Å². The van der Waals surface area contributed by atoms with Gasteiger partial charge in [-0.25, -0.2) is 0 Å². The van der Waals surface area contributed by atoms with E-state index in [9.17, 15) is 0 Å². The van der Waals surface area contributed by atoms with Gasteiger partial charge in [-0.1, -0.05) is 25.1 Å². The number of nitrogens with one attached hydrogen (secondary N) is 1. The van der Waals surface area contributed by atoms with Crippen LogP contribution in [0.3, 0.4) is 0 Å². The van der Waals surface area contributed by atoms with Gasteiger partial charge < -0.3 is 10.2 Å². The molecule has 1 aromatic rings. The van der Waals surface area contributed by atoms with Crippen LogP contribution in [0, 0.1) is 0 Å². The minimum absolute atomic E-state index is 0.457. The Kier molecular flexibility index (Phi) is 5.06. The second-order valence-corrected chi connectivity index (χ2v) is 4.01. The van der Waals surface area contributed by atoms with Crippen molar-refractivity contribution >= 4 is 5.69 Å². The molecule has 0 saturated carbocycles. The Hall–Kier alpha value is -1.28. The van der Waals surface area contributed by atoms with Gasteiger partial charge in [0.2, 0.25) is 0 Å². The highest BCUT2D eigenvalue weighted by atomic mass is 15.1. The molecule has 1 atom stereocenters. The molecular weight excluding hydrogens is 196 g/mol. The summed E-state index contributed by atoms with van der Waals surface area (Å²) in [6.07, 6.45) is 3.02. The highest BCUT2D eigenvalue weighted by molar-refractivity contribution is 5.47. The molecule has 0 bridgehead atoms. The molecule has 0 amide bonds. The first-order valence-corrected chi connectivity index (χ1v) is 5.82. The third kappa shape index (κ3) is 3.11. The van der Waals surface area contributed by atoms with Gasteiger partial charge in [0.25, 0.3) is 0 Å². The van der Waals surface area contributed by atoms with Crippen molar-refractivity contribution in [3.05, 3.63) is 42.5 Å². The zero-order valence-corrected chi connectivity index (χ0v) is 10.5. The summed E-state index contributed by atoms with van der Waals surface area (Å²) in [6.45, 7) is 6.82. The molecule has 0 saturated heterocycles. The maximum atomic E-state index is 3.75. The van der Waals surface area contributed by atoms with Crippen LogP contribution in [0.15, 0.2) is 36.9 Å². The van der Waals surface area contributed by atoms with Gasteiger partial charge in [-0.2, -0.15) is 0 Å². The van der Waals surface area contributed by atoms with E-state index in [1.54, 1.807) is 0 Å². The Balaban J connectivity index is 2.77. The molecule has 0 aliphatic heterocycles. The molecule has 0 aliphatic carbocycles. The van der Waals surface area contributed by atoms with Crippen LogP contribution in [-0.2, 0) is 0 Å². The van der Waals surface area contributed by atoms with Gasteiger partial charge >= 0.3 is 0 Å².